The molecule has 0 aliphatic heterocycles. The first-order valence-electron chi connectivity index (χ1n) is 8.57. The van der Waals surface area contributed by atoms with E-state index in [0.717, 1.165) is 5.56 Å². The van der Waals surface area contributed by atoms with Crippen LogP contribution in [0.25, 0.3) is 0 Å². The lowest BCUT2D eigenvalue weighted by molar-refractivity contribution is 0.0961. The maximum Gasteiger partial charge on any atom is 0.265 e. The quantitative estimate of drug-likeness (QED) is 0.614. The van der Waals surface area contributed by atoms with Gasteiger partial charge in [0.1, 0.15) is 0 Å². The van der Waals surface area contributed by atoms with Crippen LogP contribution >= 0.6 is 11.3 Å². The van der Waals surface area contributed by atoms with Crippen molar-refractivity contribution in [3.05, 3.63) is 81.5 Å². The first-order valence-corrected chi connectivity index (χ1v) is 9.45. The Morgan fingerprint density at radius 3 is 2.14 bits per heavy atom. The van der Waals surface area contributed by atoms with Crippen molar-refractivity contribution in [3.8, 4) is 0 Å². The zero-order valence-electron chi connectivity index (χ0n) is 15.4. The van der Waals surface area contributed by atoms with Crippen molar-refractivity contribution in [2.24, 2.45) is 0 Å². The van der Waals surface area contributed by atoms with Gasteiger partial charge in [0.05, 0.1) is 4.88 Å². The summed E-state index contributed by atoms with van der Waals surface area (Å²) in [7, 11) is 1.57. The highest BCUT2D eigenvalue weighted by atomic mass is 32.1. The molecule has 3 aromatic rings. The Balaban J connectivity index is 1.66. The number of hydrogen-bond donors (Lipinski definition) is 3. The van der Waals surface area contributed by atoms with Crippen molar-refractivity contribution in [2.75, 3.05) is 17.7 Å². The minimum Gasteiger partial charge on any atom is -0.355 e. The van der Waals surface area contributed by atoms with Crippen LogP contribution in [-0.4, -0.2) is 24.8 Å². The van der Waals surface area contributed by atoms with Crippen molar-refractivity contribution in [3.63, 3.8) is 0 Å². The number of nitrogens with one attached hydrogen (secondary N) is 3. The zero-order valence-corrected chi connectivity index (χ0v) is 16.2. The number of aryl methyl sites for hydroxylation is 1. The predicted molar refractivity (Wildman–Crippen MR) is 111 cm³/mol. The smallest absolute Gasteiger partial charge is 0.265 e. The third-order valence-corrected chi connectivity index (χ3v) is 4.98. The molecule has 0 bridgehead atoms. The van der Waals surface area contributed by atoms with E-state index in [4.69, 9.17) is 0 Å². The van der Waals surface area contributed by atoms with E-state index >= 15 is 0 Å². The number of rotatable bonds is 5. The first-order chi connectivity index (χ1) is 13.5. The van der Waals surface area contributed by atoms with E-state index in [0.29, 0.717) is 27.4 Å². The fraction of sp³-hybridized carbons (Fsp3) is 0.0952. The van der Waals surface area contributed by atoms with Crippen LogP contribution in [0, 0.1) is 6.92 Å². The molecule has 28 heavy (non-hydrogen) atoms. The van der Waals surface area contributed by atoms with Crippen LogP contribution in [-0.2, 0) is 0 Å². The Hall–Kier alpha value is -3.45. The maximum atomic E-state index is 12.5. The van der Waals surface area contributed by atoms with Crippen LogP contribution in [0.2, 0.25) is 0 Å². The van der Waals surface area contributed by atoms with Crippen LogP contribution in [0.1, 0.15) is 36.0 Å². The van der Waals surface area contributed by atoms with Gasteiger partial charge < -0.3 is 16.0 Å². The SMILES string of the molecule is CNC(=O)c1ccc(NC(=O)c2ccc(NC(=O)c3cccs3)cc2)c(C)c1. The van der Waals surface area contributed by atoms with Gasteiger partial charge in [-0.25, -0.2) is 0 Å². The molecular formula is C21H19N3O3S. The van der Waals surface area contributed by atoms with Crippen molar-refractivity contribution in [1.29, 1.82) is 0 Å². The molecule has 7 heteroatoms. The summed E-state index contributed by atoms with van der Waals surface area (Å²) < 4.78 is 0. The Bertz CT molecular complexity index is 1010. The van der Waals surface area contributed by atoms with E-state index in [1.54, 1.807) is 55.6 Å². The van der Waals surface area contributed by atoms with E-state index in [2.05, 4.69) is 16.0 Å². The second kappa shape index (κ2) is 8.49. The first kappa shape index (κ1) is 19.3. The topological polar surface area (TPSA) is 87.3 Å². The number of hydrogen-bond acceptors (Lipinski definition) is 4. The molecular weight excluding hydrogens is 374 g/mol. The molecule has 0 unspecified atom stereocenters. The van der Waals surface area contributed by atoms with Crippen molar-refractivity contribution < 1.29 is 14.4 Å². The normalized spacial score (nSPS) is 10.2. The fourth-order valence-electron chi connectivity index (χ4n) is 2.59. The molecule has 0 atom stereocenters. The highest BCUT2D eigenvalue weighted by molar-refractivity contribution is 7.12. The van der Waals surface area contributed by atoms with Crippen LogP contribution in [0.15, 0.2) is 60.0 Å². The summed E-state index contributed by atoms with van der Waals surface area (Å²) in [6.45, 7) is 1.82. The van der Waals surface area contributed by atoms with Crippen LogP contribution < -0.4 is 16.0 Å². The predicted octanol–water partition coefficient (Wildman–Crippen LogP) is 3.92. The molecule has 0 spiro atoms. The summed E-state index contributed by atoms with van der Waals surface area (Å²) >= 11 is 1.36. The van der Waals surface area contributed by atoms with Gasteiger partial charge in [-0.15, -0.1) is 11.3 Å². The molecule has 0 saturated carbocycles. The molecule has 0 radical (unpaired) electrons. The van der Waals surface area contributed by atoms with Crippen LogP contribution in [0.3, 0.4) is 0 Å². The van der Waals surface area contributed by atoms with Crippen LogP contribution in [0.5, 0.6) is 0 Å². The van der Waals surface area contributed by atoms with Crippen LogP contribution in [0.4, 0.5) is 11.4 Å². The number of carbonyl (C=O) groups is 3. The van der Waals surface area contributed by atoms with Crippen molar-refractivity contribution in [2.45, 2.75) is 6.92 Å². The number of amides is 3. The number of thiophene rings is 1. The third-order valence-electron chi connectivity index (χ3n) is 4.11. The minimum absolute atomic E-state index is 0.179. The van der Waals surface area contributed by atoms with Gasteiger partial charge in [0.25, 0.3) is 17.7 Å². The van der Waals surface area contributed by atoms with E-state index in [1.165, 1.54) is 11.3 Å². The summed E-state index contributed by atoms with van der Waals surface area (Å²) in [5, 5.41) is 10.0. The molecule has 1 heterocycles. The summed E-state index contributed by atoms with van der Waals surface area (Å²) in [6, 6.07) is 15.3. The standard InChI is InChI=1S/C21H19N3O3S/c1-13-12-15(19(25)22-2)7-10-17(13)24-20(26)14-5-8-16(9-6-14)23-21(27)18-4-3-11-28-18/h3-12H,1-2H3,(H,22,25)(H,23,27)(H,24,26). The van der Waals surface area contributed by atoms with E-state index < -0.39 is 0 Å². The Morgan fingerprint density at radius 1 is 0.821 bits per heavy atom. The Morgan fingerprint density at radius 2 is 1.54 bits per heavy atom. The van der Waals surface area contributed by atoms with Gasteiger partial charge in [-0.2, -0.15) is 0 Å². The molecule has 142 valence electrons. The highest BCUT2D eigenvalue weighted by Gasteiger charge is 2.11. The summed E-state index contributed by atoms with van der Waals surface area (Å²) in [5.74, 6) is -0.632. The molecule has 0 aliphatic carbocycles. The molecule has 1 aromatic heterocycles. The molecule has 0 aliphatic rings. The van der Waals surface area contributed by atoms with Gasteiger partial charge in [-0.3, -0.25) is 14.4 Å². The maximum absolute atomic E-state index is 12.5. The average Bonchev–Trinajstić information content (AvgIpc) is 3.24. The van der Waals surface area contributed by atoms with E-state index in [-0.39, 0.29) is 17.7 Å². The van der Waals surface area contributed by atoms with E-state index in [9.17, 15) is 14.4 Å². The number of benzene rings is 2. The molecule has 6 nitrogen and oxygen atoms in total. The lowest BCUT2D eigenvalue weighted by atomic mass is 10.1. The van der Waals surface area contributed by atoms with Gasteiger partial charge in [0, 0.05) is 29.5 Å². The average molecular weight is 393 g/mol. The highest BCUT2D eigenvalue weighted by Crippen LogP contribution is 2.19. The fourth-order valence-corrected chi connectivity index (χ4v) is 3.21. The van der Waals surface area contributed by atoms with Gasteiger partial charge in [0.15, 0.2) is 0 Å². The van der Waals surface area contributed by atoms with Gasteiger partial charge in [0.2, 0.25) is 0 Å². The zero-order chi connectivity index (χ0) is 20.1. The van der Waals surface area contributed by atoms with Crippen molar-refractivity contribution >= 4 is 40.4 Å². The molecule has 3 amide bonds. The van der Waals surface area contributed by atoms with Gasteiger partial charge in [-0.05, 0) is 66.4 Å². The van der Waals surface area contributed by atoms with Gasteiger partial charge >= 0.3 is 0 Å². The summed E-state index contributed by atoms with van der Waals surface area (Å²) in [6.07, 6.45) is 0. The number of carbonyl (C=O) groups excluding carboxylic acids is 3. The lowest BCUT2D eigenvalue weighted by Gasteiger charge is -2.10. The Kier molecular flexibility index (Phi) is 5.86. The van der Waals surface area contributed by atoms with Crippen molar-refractivity contribution in [1.82, 2.24) is 5.32 Å². The monoisotopic (exact) mass is 393 g/mol. The molecule has 2 aromatic carbocycles. The molecule has 0 fully saturated rings. The summed E-state index contributed by atoms with van der Waals surface area (Å²) in [4.78, 5) is 36.8. The molecule has 3 N–H and O–H groups in total. The second-order valence-corrected chi connectivity index (χ2v) is 7.02. The van der Waals surface area contributed by atoms with Gasteiger partial charge in [-0.1, -0.05) is 6.07 Å². The largest absolute Gasteiger partial charge is 0.355 e. The number of anilines is 2. The third kappa shape index (κ3) is 4.44. The molecule has 3 rings (SSSR count). The second-order valence-electron chi connectivity index (χ2n) is 6.07. The minimum atomic E-state index is -0.271. The summed E-state index contributed by atoms with van der Waals surface area (Å²) in [5.41, 5.74) is 3.02. The van der Waals surface area contributed by atoms with E-state index in [1.807, 2.05) is 18.4 Å². The lowest BCUT2D eigenvalue weighted by Crippen LogP contribution is -2.18. The Labute approximate surface area is 166 Å². The molecule has 0 saturated heterocycles.